The number of aryl methyl sites for hydroxylation is 4. The lowest BCUT2D eigenvalue weighted by molar-refractivity contribution is -0.132. The van der Waals surface area contributed by atoms with E-state index in [-0.39, 0.29) is 17.0 Å². The Balaban J connectivity index is 1.36. The first-order valence-electron chi connectivity index (χ1n) is 14.6. The quantitative estimate of drug-likeness (QED) is 0.119. The fraction of sp³-hybridized carbons (Fsp3) is 0.167. The van der Waals surface area contributed by atoms with Gasteiger partial charge in [0, 0.05) is 6.20 Å². The van der Waals surface area contributed by atoms with E-state index in [4.69, 9.17) is 14.7 Å². The van der Waals surface area contributed by atoms with Crippen molar-refractivity contribution in [1.82, 2.24) is 14.4 Å². The molecule has 8 nitrogen and oxygen atoms in total. The maximum Gasteiger partial charge on any atom is 0.301 e. The number of fused-ring (bicyclic) bond motifs is 2. The molecule has 3 aromatic heterocycles. The summed E-state index contributed by atoms with van der Waals surface area (Å²) in [5.74, 6) is -1.23. The molecule has 6 aromatic rings. The molecule has 1 amide bonds. The standard InChI is InChI=1S/C36H30N4O4S/c1-20-17-22(3)29-27(18-20)45-36(38-29)40-31(25-12-14-26(15-13-25)44-19-24-10-6-5-7-11-24)28(33(42)35(40)43)32(41)30-23(4)39-16-8-9-21(2)34(39)37-30/h5-18,31,41H,19H2,1-4H3/b32-28+. The molecular weight excluding hydrogens is 584 g/mol. The fourth-order valence-corrected chi connectivity index (χ4v) is 7.14. The van der Waals surface area contributed by atoms with Crippen molar-refractivity contribution in [2.75, 3.05) is 4.90 Å². The van der Waals surface area contributed by atoms with Crippen molar-refractivity contribution >= 4 is 49.8 Å². The summed E-state index contributed by atoms with van der Waals surface area (Å²) in [5, 5.41) is 12.2. The molecule has 7 rings (SSSR count). The molecule has 0 radical (unpaired) electrons. The van der Waals surface area contributed by atoms with E-state index in [1.165, 1.54) is 16.2 Å². The average Bonchev–Trinajstić information content (AvgIpc) is 3.69. The normalized spacial score (nSPS) is 16.3. The second-order valence-electron chi connectivity index (χ2n) is 11.4. The average molecular weight is 615 g/mol. The number of aliphatic hydroxyl groups is 1. The summed E-state index contributed by atoms with van der Waals surface area (Å²) < 4.78 is 8.78. The minimum Gasteiger partial charge on any atom is -0.505 e. The lowest BCUT2D eigenvalue weighted by Gasteiger charge is -2.23. The molecule has 1 fully saturated rings. The molecule has 9 heteroatoms. The van der Waals surface area contributed by atoms with Gasteiger partial charge in [0.25, 0.3) is 5.78 Å². The van der Waals surface area contributed by atoms with Crippen LogP contribution in [0.3, 0.4) is 0 Å². The maximum absolute atomic E-state index is 13.9. The summed E-state index contributed by atoms with van der Waals surface area (Å²) in [6.45, 7) is 8.15. The van der Waals surface area contributed by atoms with Crippen LogP contribution in [-0.2, 0) is 16.2 Å². The van der Waals surface area contributed by atoms with Crippen molar-refractivity contribution in [3.8, 4) is 5.75 Å². The number of carbonyl (C=O) groups excluding carboxylic acids is 2. The summed E-state index contributed by atoms with van der Waals surface area (Å²) in [5.41, 5.74) is 6.97. The number of thiazole rings is 1. The Bertz CT molecular complexity index is 2160. The van der Waals surface area contributed by atoms with Crippen molar-refractivity contribution in [3.63, 3.8) is 0 Å². The van der Waals surface area contributed by atoms with Crippen LogP contribution < -0.4 is 9.64 Å². The number of ketones is 1. The van der Waals surface area contributed by atoms with Gasteiger partial charge >= 0.3 is 5.91 Å². The summed E-state index contributed by atoms with van der Waals surface area (Å²) in [6.07, 6.45) is 1.86. The van der Waals surface area contributed by atoms with Crippen molar-refractivity contribution in [3.05, 3.63) is 130 Å². The second kappa shape index (κ2) is 11.0. The van der Waals surface area contributed by atoms with E-state index in [0.717, 1.165) is 32.5 Å². The Hall–Kier alpha value is -5.28. The molecule has 0 spiro atoms. The first-order valence-corrected chi connectivity index (χ1v) is 15.4. The third-order valence-corrected chi connectivity index (χ3v) is 9.22. The van der Waals surface area contributed by atoms with Crippen LogP contribution in [0.4, 0.5) is 5.13 Å². The number of aromatic nitrogens is 3. The predicted octanol–water partition coefficient (Wildman–Crippen LogP) is 7.38. The van der Waals surface area contributed by atoms with Gasteiger partial charge in [0.05, 0.1) is 27.5 Å². The van der Waals surface area contributed by atoms with Crippen molar-refractivity contribution in [2.24, 2.45) is 0 Å². The second-order valence-corrected chi connectivity index (χ2v) is 12.4. The van der Waals surface area contributed by atoms with Crippen LogP contribution in [-0.4, -0.2) is 31.2 Å². The molecule has 1 N–H and O–H groups in total. The summed E-state index contributed by atoms with van der Waals surface area (Å²) in [4.78, 5) is 38.6. The van der Waals surface area contributed by atoms with Gasteiger partial charge in [-0.3, -0.25) is 14.5 Å². The number of amides is 1. The molecule has 1 unspecified atom stereocenters. The summed E-state index contributed by atoms with van der Waals surface area (Å²) >= 11 is 1.35. The Labute approximate surface area is 263 Å². The van der Waals surface area contributed by atoms with Crippen LogP contribution >= 0.6 is 11.3 Å². The number of pyridine rings is 1. The zero-order valence-corrected chi connectivity index (χ0v) is 26.1. The molecule has 0 saturated carbocycles. The fourth-order valence-electron chi connectivity index (χ4n) is 5.97. The van der Waals surface area contributed by atoms with Crippen LogP contribution in [0.2, 0.25) is 0 Å². The first kappa shape index (κ1) is 28.5. The first-order chi connectivity index (χ1) is 21.7. The number of ether oxygens (including phenoxy) is 1. The lowest BCUT2D eigenvalue weighted by Crippen LogP contribution is -2.29. The van der Waals surface area contributed by atoms with Crippen LogP contribution in [0, 0.1) is 27.7 Å². The number of rotatable bonds is 6. The third-order valence-electron chi connectivity index (χ3n) is 8.22. The minimum atomic E-state index is -0.930. The maximum atomic E-state index is 13.9. The van der Waals surface area contributed by atoms with Gasteiger partial charge in [-0.15, -0.1) is 0 Å². The Morgan fingerprint density at radius 3 is 2.40 bits per heavy atom. The van der Waals surface area contributed by atoms with E-state index in [9.17, 15) is 14.7 Å². The smallest absolute Gasteiger partial charge is 0.301 e. The van der Waals surface area contributed by atoms with E-state index < -0.39 is 17.7 Å². The monoisotopic (exact) mass is 614 g/mol. The highest BCUT2D eigenvalue weighted by Gasteiger charge is 2.48. The minimum absolute atomic E-state index is 0.0331. The summed E-state index contributed by atoms with van der Waals surface area (Å²) in [6, 6.07) is 24.1. The van der Waals surface area contributed by atoms with Crippen molar-refractivity contribution < 1.29 is 19.4 Å². The Kier molecular flexibility index (Phi) is 6.97. The highest BCUT2D eigenvalue weighted by atomic mass is 32.1. The number of Topliss-reactive ketones (excluding diaryl/α,β-unsaturated/α-hetero) is 1. The number of anilines is 1. The number of carbonyl (C=O) groups is 2. The van der Waals surface area contributed by atoms with Gasteiger partial charge in [-0.2, -0.15) is 0 Å². The molecule has 45 heavy (non-hydrogen) atoms. The molecule has 1 aliphatic rings. The highest BCUT2D eigenvalue weighted by molar-refractivity contribution is 7.22. The molecule has 0 bridgehead atoms. The molecule has 224 valence electrons. The number of aliphatic hydroxyl groups excluding tert-OH is 1. The Morgan fingerprint density at radius 2 is 1.67 bits per heavy atom. The zero-order valence-electron chi connectivity index (χ0n) is 25.2. The van der Waals surface area contributed by atoms with Crippen molar-refractivity contribution in [1.29, 1.82) is 0 Å². The van der Waals surface area contributed by atoms with E-state index in [1.54, 1.807) is 0 Å². The predicted molar refractivity (Wildman–Crippen MR) is 176 cm³/mol. The number of hydrogen-bond acceptors (Lipinski definition) is 7. The third kappa shape index (κ3) is 4.85. The van der Waals surface area contributed by atoms with Crippen LogP contribution in [0.5, 0.6) is 5.75 Å². The van der Waals surface area contributed by atoms with Crippen LogP contribution in [0.1, 0.15) is 45.2 Å². The number of nitrogens with zero attached hydrogens (tertiary/aromatic N) is 4. The molecular formula is C36H30N4O4S. The zero-order chi connectivity index (χ0) is 31.4. The van der Waals surface area contributed by atoms with Gasteiger partial charge in [0.15, 0.2) is 10.9 Å². The van der Waals surface area contributed by atoms with E-state index in [1.807, 2.05) is 117 Å². The van der Waals surface area contributed by atoms with Crippen LogP contribution in [0.15, 0.2) is 90.6 Å². The van der Waals surface area contributed by atoms with E-state index in [2.05, 4.69) is 0 Å². The molecule has 1 atom stereocenters. The number of hydrogen-bond donors (Lipinski definition) is 1. The van der Waals surface area contributed by atoms with Crippen molar-refractivity contribution in [2.45, 2.75) is 40.3 Å². The van der Waals surface area contributed by atoms with Crippen LogP contribution in [0.25, 0.3) is 21.6 Å². The van der Waals surface area contributed by atoms with Gasteiger partial charge in [0.2, 0.25) is 0 Å². The lowest BCUT2D eigenvalue weighted by atomic mass is 9.96. The highest BCUT2D eigenvalue weighted by Crippen LogP contribution is 2.45. The van der Waals surface area contributed by atoms with Gasteiger partial charge in [-0.25, -0.2) is 9.97 Å². The molecule has 4 heterocycles. The topological polar surface area (TPSA) is 97.0 Å². The number of imidazole rings is 1. The molecule has 1 saturated heterocycles. The molecule has 1 aliphatic heterocycles. The largest absolute Gasteiger partial charge is 0.505 e. The van der Waals surface area contributed by atoms with Gasteiger partial charge in [-0.05, 0) is 79.8 Å². The van der Waals surface area contributed by atoms with Gasteiger partial charge in [0.1, 0.15) is 23.7 Å². The van der Waals surface area contributed by atoms with Gasteiger partial charge in [-0.1, -0.05) is 65.9 Å². The molecule has 3 aromatic carbocycles. The van der Waals surface area contributed by atoms with E-state index in [0.29, 0.717) is 34.4 Å². The number of benzene rings is 3. The van der Waals surface area contributed by atoms with E-state index >= 15 is 0 Å². The van der Waals surface area contributed by atoms with Gasteiger partial charge < -0.3 is 14.2 Å². The summed E-state index contributed by atoms with van der Waals surface area (Å²) in [7, 11) is 0. The SMILES string of the molecule is Cc1cc(C)c2nc(N3C(=O)C(=O)/C(=C(/O)c4nc5c(C)cccn5c4C)C3c3ccc(OCc4ccccc4)cc3)sc2c1. The Morgan fingerprint density at radius 1 is 0.911 bits per heavy atom. The molecule has 0 aliphatic carbocycles.